The predicted octanol–water partition coefficient (Wildman–Crippen LogP) is 0.448. The van der Waals surface area contributed by atoms with Gasteiger partial charge in [0.15, 0.2) is 0 Å². The number of aromatic nitrogens is 3. The van der Waals surface area contributed by atoms with E-state index < -0.39 is 10.0 Å². The summed E-state index contributed by atoms with van der Waals surface area (Å²) in [5.41, 5.74) is 6.75. The molecule has 1 aromatic heterocycles. The average Bonchev–Trinajstić information content (AvgIpc) is 2.39. The van der Waals surface area contributed by atoms with Gasteiger partial charge in [-0.15, -0.1) is 5.10 Å². The van der Waals surface area contributed by atoms with E-state index in [-0.39, 0.29) is 16.7 Å². The van der Waals surface area contributed by atoms with Gasteiger partial charge in [-0.3, -0.25) is 0 Å². The fourth-order valence-electron chi connectivity index (χ4n) is 1.45. The van der Waals surface area contributed by atoms with Crippen LogP contribution in [0.1, 0.15) is 11.1 Å². The molecule has 2 rings (SSSR count). The predicted molar refractivity (Wildman–Crippen MR) is 78.4 cm³/mol. The van der Waals surface area contributed by atoms with E-state index in [2.05, 4.69) is 19.9 Å². The van der Waals surface area contributed by atoms with Gasteiger partial charge in [0.25, 0.3) is 5.95 Å². The molecule has 0 bridgehead atoms. The Morgan fingerprint density at radius 3 is 2.50 bits per heavy atom. The smallest absolute Gasteiger partial charge is 0.256 e. The van der Waals surface area contributed by atoms with Gasteiger partial charge in [-0.2, -0.15) is 5.10 Å². The number of hydrogen-bond acceptors (Lipinski definition) is 6. The van der Waals surface area contributed by atoms with Gasteiger partial charge in [0, 0.05) is 5.56 Å². The van der Waals surface area contributed by atoms with Crippen molar-refractivity contribution in [2.75, 3.05) is 4.72 Å². The average molecular weight is 309 g/mol. The Balaban J connectivity index is 2.10. The second-order valence-electron chi connectivity index (χ2n) is 3.89. The van der Waals surface area contributed by atoms with Gasteiger partial charge >= 0.3 is 0 Å². The van der Waals surface area contributed by atoms with Crippen LogP contribution in [0, 0.1) is 0 Å². The molecule has 7 nitrogen and oxygen atoms in total. The number of hydrogen-bond donors (Lipinski definition) is 2. The van der Waals surface area contributed by atoms with Crippen LogP contribution in [-0.4, -0.2) is 28.6 Å². The maximum atomic E-state index is 11.9. The van der Waals surface area contributed by atoms with E-state index in [1.54, 1.807) is 24.3 Å². The highest BCUT2D eigenvalue weighted by atomic mass is 32.2. The van der Waals surface area contributed by atoms with Crippen LogP contribution in [0.25, 0.3) is 0 Å². The van der Waals surface area contributed by atoms with Crippen molar-refractivity contribution in [3.63, 3.8) is 0 Å². The van der Waals surface area contributed by atoms with Gasteiger partial charge in [0.1, 0.15) is 4.99 Å². The number of nitrogens with one attached hydrogen (secondary N) is 1. The van der Waals surface area contributed by atoms with Gasteiger partial charge in [-0.05, 0) is 5.56 Å². The molecule has 0 atom stereocenters. The first kappa shape index (κ1) is 14.3. The summed E-state index contributed by atoms with van der Waals surface area (Å²) in [6.45, 7) is 0. The molecule has 0 spiro atoms. The highest BCUT2D eigenvalue weighted by Gasteiger charge is 2.13. The lowest BCUT2D eigenvalue weighted by Crippen LogP contribution is -2.17. The van der Waals surface area contributed by atoms with E-state index in [9.17, 15) is 8.42 Å². The Morgan fingerprint density at radius 1 is 1.25 bits per heavy atom. The Hall–Kier alpha value is -2.13. The summed E-state index contributed by atoms with van der Waals surface area (Å²) in [6.07, 6.45) is 2.70. The molecule has 9 heteroatoms. The van der Waals surface area contributed by atoms with Gasteiger partial charge in [-0.1, -0.05) is 36.5 Å². The van der Waals surface area contributed by atoms with Crippen LogP contribution >= 0.6 is 12.2 Å². The van der Waals surface area contributed by atoms with Crippen LogP contribution in [0.2, 0.25) is 0 Å². The molecule has 0 aliphatic carbocycles. The van der Waals surface area contributed by atoms with E-state index in [0.29, 0.717) is 11.1 Å². The molecule has 3 N–H and O–H groups in total. The lowest BCUT2D eigenvalue weighted by molar-refractivity contribution is 0.600. The number of benzene rings is 1. The Morgan fingerprint density at radius 2 is 1.95 bits per heavy atom. The minimum Gasteiger partial charge on any atom is -0.389 e. The second kappa shape index (κ2) is 5.88. The lowest BCUT2D eigenvalue weighted by atomic mass is 10.1. The summed E-state index contributed by atoms with van der Waals surface area (Å²) < 4.78 is 26.1. The third-order valence-electron chi connectivity index (χ3n) is 2.32. The first-order valence-electron chi connectivity index (χ1n) is 5.49. The van der Waals surface area contributed by atoms with Gasteiger partial charge in [-0.25, -0.2) is 18.1 Å². The maximum Gasteiger partial charge on any atom is 0.256 e. The molecule has 0 saturated heterocycles. The third-order valence-corrected chi connectivity index (χ3v) is 3.77. The molecule has 2 aromatic rings. The number of nitrogens with zero attached hydrogens (tertiary/aromatic N) is 3. The van der Waals surface area contributed by atoms with Crippen LogP contribution in [0.5, 0.6) is 0 Å². The molecule has 104 valence electrons. The van der Waals surface area contributed by atoms with E-state index in [1.165, 1.54) is 12.4 Å². The van der Waals surface area contributed by atoms with Crippen molar-refractivity contribution >= 4 is 33.2 Å². The topological polar surface area (TPSA) is 111 Å². The van der Waals surface area contributed by atoms with Crippen LogP contribution in [0.3, 0.4) is 0 Å². The van der Waals surface area contributed by atoms with E-state index >= 15 is 0 Å². The summed E-state index contributed by atoms with van der Waals surface area (Å²) in [6, 6.07) is 6.65. The maximum absolute atomic E-state index is 11.9. The van der Waals surface area contributed by atoms with Crippen molar-refractivity contribution < 1.29 is 8.42 Å². The van der Waals surface area contributed by atoms with Crippen molar-refractivity contribution in [1.82, 2.24) is 15.2 Å². The molecule has 0 amide bonds. The summed E-state index contributed by atoms with van der Waals surface area (Å²) >= 11 is 4.83. The van der Waals surface area contributed by atoms with Crippen molar-refractivity contribution in [3.05, 3.63) is 47.8 Å². The zero-order valence-corrected chi connectivity index (χ0v) is 11.9. The lowest BCUT2D eigenvalue weighted by Gasteiger charge is -2.06. The number of rotatable bonds is 5. The largest absolute Gasteiger partial charge is 0.389 e. The molecule has 0 aliphatic heterocycles. The molecular weight excluding hydrogens is 298 g/mol. The van der Waals surface area contributed by atoms with Gasteiger partial charge in [0.2, 0.25) is 10.0 Å². The molecule has 0 aliphatic rings. The van der Waals surface area contributed by atoms with Gasteiger partial charge < -0.3 is 5.73 Å². The Labute approximate surface area is 121 Å². The van der Waals surface area contributed by atoms with Crippen LogP contribution in [0.15, 0.2) is 36.7 Å². The van der Waals surface area contributed by atoms with E-state index in [0.717, 1.165) is 0 Å². The molecule has 1 heterocycles. The molecule has 0 saturated carbocycles. The number of anilines is 1. The monoisotopic (exact) mass is 309 g/mol. The summed E-state index contributed by atoms with van der Waals surface area (Å²) in [4.78, 5) is 4.01. The second-order valence-corrected chi connectivity index (χ2v) is 6.05. The summed E-state index contributed by atoms with van der Waals surface area (Å²) in [5, 5.41) is 7.10. The van der Waals surface area contributed by atoms with Crippen molar-refractivity contribution in [1.29, 1.82) is 0 Å². The summed E-state index contributed by atoms with van der Waals surface area (Å²) in [7, 11) is -3.60. The fourth-order valence-corrected chi connectivity index (χ4v) is 2.67. The van der Waals surface area contributed by atoms with Crippen LogP contribution in [-0.2, 0) is 15.8 Å². The van der Waals surface area contributed by atoms with Crippen molar-refractivity contribution in [3.8, 4) is 0 Å². The van der Waals surface area contributed by atoms with Crippen LogP contribution < -0.4 is 10.5 Å². The highest BCUT2D eigenvalue weighted by Crippen LogP contribution is 2.10. The molecule has 0 fully saturated rings. The zero-order chi connectivity index (χ0) is 14.6. The molecular formula is C11H11N5O2S2. The minimum absolute atomic E-state index is 0.0627. The van der Waals surface area contributed by atoms with Gasteiger partial charge in [0.05, 0.1) is 18.1 Å². The molecule has 0 unspecified atom stereocenters. The Bertz CT molecular complexity index is 701. The van der Waals surface area contributed by atoms with E-state index in [4.69, 9.17) is 18.0 Å². The number of thiocarbonyl (C=S) groups is 1. The number of nitrogens with two attached hydrogens (primary N) is 1. The van der Waals surface area contributed by atoms with Crippen LogP contribution in [0.4, 0.5) is 5.95 Å². The standard InChI is InChI=1S/C11H11N5O2S2/c12-10(19)9-3-1-8(2-4-9)7-20(17,18)16-11-13-5-6-14-15-11/h1-6H,7H2,(H2,12,19)(H,13,15,16). The fraction of sp³-hybridized carbons (Fsp3) is 0.0909. The Kier molecular flexibility index (Phi) is 4.20. The summed E-state index contributed by atoms with van der Waals surface area (Å²) in [5.74, 6) is -0.268. The van der Waals surface area contributed by atoms with Crippen molar-refractivity contribution in [2.45, 2.75) is 5.75 Å². The normalized spacial score (nSPS) is 11.0. The molecule has 0 radical (unpaired) electrons. The first-order valence-corrected chi connectivity index (χ1v) is 7.55. The molecule has 20 heavy (non-hydrogen) atoms. The molecule has 1 aromatic carbocycles. The van der Waals surface area contributed by atoms with Crippen molar-refractivity contribution in [2.24, 2.45) is 5.73 Å². The first-order chi connectivity index (χ1) is 9.46. The highest BCUT2D eigenvalue weighted by molar-refractivity contribution is 7.91. The van der Waals surface area contributed by atoms with E-state index in [1.807, 2.05) is 0 Å². The quantitative estimate of drug-likeness (QED) is 0.771. The zero-order valence-electron chi connectivity index (χ0n) is 10.2. The SMILES string of the molecule is NC(=S)c1ccc(CS(=O)(=O)Nc2nccnn2)cc1. The number of sulfonamides is 1. The third kappa shape index (κ3) is 3.93. The minimum atomic E-state index is -3.60.